The minimum absolute atomic E-state index is 0.0968. The molecule has 0 unspecified atom stereocenters. The van der Waals surface area contributed by atoms with Gasteiger partial charge in [0, 0.05) is 19.0 Å². The third-order valence-corrected chi connectivity index (χ3v) is 5.43. The summed E-state index contributed by atoms with van der Waals surface area (Å²) in [6.45, 7) is 0.170. The fourth-order valence-electron chi connectivity index (χ4n) is 2.96. The van der Waals surface area contributed by atoms with E-state index in [4.69, 9.17) is 9.15 Å². The third-order valence-electron chi connectivity index (χ3n) is 4.40. The van der Waals surface area contributed by atoms with Gasteiger partial charge in [0.05, 0.1) is 29.3 Å². The summed E-state index contributed by atoms with van der Waals surface area (Å²) in [5.41, 5.74) is 1.47. The minimum Gasteiger partial charge on any atom is -0.497 e. The van der Waals surface area contributed by atoms with Gasteiger partial charge in [0.15, 0.2) is 10.9 Å². The number of anilines is 2. The maximum absolute atomic E-state index is 13.2. The van der Waals surface area contributed by atoms with E-state index in [1.165, 1.54) is 17.6 Å². The average Bonchev–Trinajstić information content (AvgIpc) is 3.44. The van der Waals surface area contributed by atoms with Crippen molar-refractivity contribution in [3.63, 3.8) is 0 Å². The Kier molecular flexibility index (Phi) is 5.76. The van der Waals surface area contributed by atoms with Gasteiger partial charge in [0.1, 0.15) is 5.75 Å². The molecule has 30 heavy (non-hydrogen) atoms. The second-order valence-corrected chi connectivity index (χ2v) is 7.39. The predicted molar refractivity (Wildman–Crippen MR) is 115 cm³/mol. The van der Waals surface area contributed by atoms with E-state index in [1.807, 2.05) is 42.5 Å². The molecule has 0 saturated heterocycles. The van der Waals surface area contributed by atoms with Crippen LogP contribution in [0, 0.1) is 0 Å². The Labute approximate surface area is 176 Å². The summed E-state index contributed by atoms with van der Waals surface area (Å²) in [6, 6.07) is 18.2. The Balaban J connectivity index is 1.57. The number of hydrogen-bond donors (Lipinski definition) is 1. The smallest absolute Gasteiger partial charge is 0.286 e. The number of furan rings is 1. The number of rotatable bonds is 7. The van der Waals surface area contributed by atoms with E-state index in [0.717, 1.165) is 10.2 Å². The number of para-hydroxylation sites is 1. The fraction of sp³-hybridized carbons (Fsp3) is 0.136. The summed E-state index contributed by atoms with van der Waals surface area (Å²) in [5, 5.41) is 3.26. The quantitative estimate of drug-likeness (QED) is 0.479. The lowest BCUT2D eigenvalue weighted by atomic mass is 10.2. The molecule has 2 heterocycles. The van der Waals surface area contributed by atoms with Crippen molar-refractivity contribution in [3.05, 3.63) is 72.7 Å². The highest BCUT2D eigenvalue weighted by atomic mass is 32.1. The Hall–Kier alpha value is -3.65. The molecule has 4 aromatic rings. The van der Waals surface area contributed by atoms with E-state index in [0.29, 0.717) is 16.6 Å². The first-order valence-corrected chi connectivity index (χ1v) is 10.1. The number of carbonyl (C=O) groups is 2. The molecule has 7 nitrogen and oxygen atoms in total. The number of ether oxygens (including phenoxy) is 1. The van der Waals surface area contributed by atoms with Gasteiger partial charge in [-0.15, -0.1) is 0 Å². The number of hydrogen-bond acceptors (Lipinski definition) is 6. The monoisotopic (exact) mass is 421 g/mol. The van der Waals surface area contributed by atoms with Gasteiger partial charge in [0.25, 0.3) is 5.91 Å². The number of amides is 2. The first-order valence-electron chi connectivity index (χ1n) is 9.30. The average molecular weight is 421 g/mol. The zero-order valence-electron chi connectivity index (χ0n) is 16.2. The molecular weight excluding hydrogens is 402 g/mol. The summed E-state index contributed by atoms with van der Waals surface area (Å²) in [7, 11) is 1.58. The Morgan fingerprint density at radius 1 is 1.13 bits per heavy atom. The van der Waals surface area contributed by atoms with Gasteiger partial charge < -0.3 is 14.5 Å². The van der Waals surface area contributed by atoms with Crippen LogP contribution >= 0.6 is 11.3 Å². The molecule has 4 rings (SSSR count). The number of thiazole rings is 1. The molecular formula is C22H19N3O4S. The highest BCUT2D eigenvalue weighted by molar-refractivity contribution is 7.22. The van der Waals surface area contributed by atoms with Crippen LogP contribution in [-0.2, 0) is 4.79 Å². The maximum Gasteiger partial charge on any atom is 0.286 e. The van der Waals surface area contributed by atoms with Crippen LogP contribution in [0.1, 0.15) is 17.0 Å². The first kappa shape index (κ1) is 19.7. The normalized spacial score (nSPS) is 10.7. The van der Waals surface area contributed by atoms with Crippen LogP contribution in [0.5, 0.6) is 5.75 Å². The fourth-order valence-corrected chi connectivity index (χ4v) is 3.96. The molecule has 0 radical (unpaired) electrons. The van der Waals surface area contributed by atoms with E-state index in [9.17, 15) is 9.59 Å². The number of nitrogens with zero attached hydrogens (tertiary/aromatic N) is 2. The topological polar surface area (TPSA) is 84.7 Å². The first-order chi connectivity index (χ1) is 14.7. The molecule has 2 aromatic heterocycles. The summed E-state index contributed by atoms with van der Waals surface area (Å²) in [4.78, 5) is 31.4. The Bertz CT molecular complexity index is 1140. The van der Waals surface area contributed by atoms with Crippen LogP contribution in [0.4, 0.5) is 10.8 Å². The van der Waals surface area contributed by atoms with Gasteiger partial charge >= 0.3 is 0 Å². The molecule has 0 saturated carbocycles. The van der Waals surface area contributed by atoms with Gasteiger partial charge in [-0.05, 0) is 36.4 Å². The molecule has 0 spiro atoms. The van der Waals surface area contributed by atoms with Crippen molar-refractivity contribution in [2.75, 3.05) is 18.6 Å². The Morgan fingerprint density at radius 2 is 2.00 bits per heavy atom. The SMILES string of the molecule is COc1cccc(N(C(=O)CCNC(=O)c2ccco2)c2nc3ccccc3s2)c1. The lowest BCUT2D eigenvalue weighted by Crippen LogP contribution is -2.31. The van der Waals surface area contributed by atoms with Crippen molar-refractivity contribution in [2.45, 2.75) is 6.42 Å². The number of methoxy groups -OCH3 is 1. The van der Waals surface area contributed by atoms with Crippen molar-refractivity contribution in [3.8, 4) is 5.75 Å². The Morgan fingerprint density at radius 3 is 2.77 bits per heavy atom. The summed E-state index contributed by atoms with van der Waals surface area (Å²) < 4.78 is 11.4. The highest BCUT2D eigenvalue weighted by Gasteiger charge is 2.22. The zero-order chi connectivity index (χ0) is 20.9. The van der Waals surface area contributed by atoms with Gasteiger partial charge in [0.2, 0.25) is 5.91 Å². The van der Waals surface area contributed by atoms with Crippen LogP contribution < -0.4 is 15.0 Å². The van der Waals surface area contributed by atoms with Crippen LogP contribution in [0.2, 0.25) is 0 Å². The molecule has 0 aliphatic rings. The van der Waals surface area contributed by atoms with Gasteiger partial charge in [-0.2, -0.15) is 0 Å². The second kappa shape index (κ2) is 8.79. The van der Waals surface area contributed by atoms with Gasteiger partial charge in [-0.1, -0.05) is 29.5 Å². The number of aromatic nitrogens is 1. The van der Waals surface area contributed by atoms with E-state index in [-0.39, 0.29) is 30.5 Å². The van der Waals surface area contributed by atoms with Crippen LogP contribution in [-0.4, -0.2) is 30.5 Å². The third kappa shape index (κ3) is 4.18. The number of nitrogens with one attached hydrogen (secondary N) is 1. The highest BCUT2D eigenvalue weighted by Crippen LogP contribution is 2.35. The molecule has 0 aliphatic heterocycles. The number of benzene rings is 2. The number of fused-ring (bicyclic) bond motifs is 1. The second-order valence-electron chi connectivity index (χ2n) is 6.38. The van der Waals surface area contributed by atoms with Crippen LogP contribution in [0.15, 0.2) is 71.3 Å². The van der Waals surface area contributed by atoms with Crippen molar-refractivity contribution in [1.29, 1.82) is 0 Å². The lowest BCUT2D eigenvalue weighted by Gasteiger charge is -2.20. The summed E-state index contributed by atoms with van der Waals surface area (Å²) in [5.74, 6) is 0.290. The van der Waals surface area contributed by atoms with Crippen molar-refractivity contribution >= 4 is 44.2 Å². The molecule has 0 bridgehead atoms. The molecule has 2 amide bonds. The van der Waals surface area contributed by atoms with Crippen LogP contribution in [0.3, 0.4) is 0 Å². The predicted octanol–water partition coefficient (Wildman–Crippen LogP) is 4.38. The van der Waals surface area contributed by atoms with E-state index in [1.54, 1.807) is 30.2 Å². The van der Waals surface area contributed by atoms with Gasteiger partial charge in [-0.3, -0.25) is 14.5 Å². The van der Waals surface area contributed by atoms with E-state index in [2.05, 4.69) is 10.3 Å². The van der Waals surface area contributed by atoms with Crippen molar-refractivity contribution in [1.82, 2.24) is 10.3 Å². The molecule has 0 fully saturated rings. The van der Waals surface area contributed by atoms with E-state index < -0.39 is 0 Å². The number of carbonyl (C=O) groups excluding carboxylic acids is 2. The largest absolute Gasteiger partial charge is 0.497 e. The van der Waals surface area contributed by atoms with Crippen molar-refractivity contribution in [2.24, 2.45) is 0 Å². The zero-order valence-corrected chi connectivity index (χ0v) is 17.0. The van der Waals surface area contributed by atoms with E-state index >= 15 is 0 Å². The lowest BCUT2D eigenvalue weighted by molar-refractivity contribution is -0.117. The minimum atomic E-state index is -0.360. The molecule has 2 aromatic carbocycles. The standard InChI is InChI=1S/C22H19N3O4S/c1-28-16-7-4-6-15(14-16)25(22-24-17-8-2-3-10-19(17)30-22)20(26)11-12-23-21(27)18-9-5-13-29-18/h2-10,13-14H,11-12H2,1H3,(H,23,27). The van der Waals surface area contributed by atoms with Crippen molar-refractivity contribution < 1.29 is 18.7 Å². The van der Waals surface area contributed by atoms with Gasteiger partial charge in [-0.25, -0.2) is 4.98 Å². The molecule has 0 atom stereocenters. The molecule has 1 N–H and O–H groups in total. The maximum atomic E-state index is 13.2. The molecule has 8 heteroatoms. The molecule has 152 valence electrons. The molecule has 0 aliphatic carbocycles. The van der Waals surface area contributed by atoms with Crippen LogP contribution in [0.25, 0.3) is 10.2 Å². The summed E-state index contributed by atoms with van der Waals surface area (Å²) in [6.07, 6.45) is 1.53. The summed E-state index contributed by atoms with van der Waals surface area (Å²) >= 11 is 1.43.